The quantitative estimate of drug-likeness (QED) is 0.773. The molecule has 1 aliphatic heterocycles. The van der Waals surface area contributed by atoms with Crippen LogP contribution in [0.5, 0.6) is 0 Å². The molecule has 4 rings (SSSR count). The molecular formula is C17H12F3N3O2. The van der Waals surface area contributed by atoms with Gasteiger partial charge in [-0.25, -0.2) is 4.52 Å². The Bertz CT molecular complexity index is 963. The summed E-state index contributed by atoms with van der Waals surface area (Å²) in [4.78, 5) is 4.24. The smallest absolute Gasteiger partial charge is 0.350 e. The molecule has 0 saturated heterocycles. The van der Waals surface area contributed by atoms with Crippen molar-refractivity contribution in [2.45, 2.75) is 18.4 Å². The minimum Gasteiger partial charge on any atom is -0.350 e. The molecule has 1 atom stereocenters. The van der Waals surface area contributed by atoms with E-state index < -0.39 is 18.4 Å². The first-order chi connectivity index (χ1) is 11.9. The van der Waals surface area contributed by atoms with Gasteiger partial charge in [0.25, 0.3) is 0 Å². The summed E-state index contributed by atoms with van der Waals surface area (Å²) >= 11 is 0. The van der Waals surface area contributed by atoms with Crippen molar-refractivity contribution < 1.29 is 23.1 Å². The molecule has 0 fully saturated rings. The van der Waals surface area contributed by atoms with Crippen LogP contribution in [0.25, 0.3) is 16.6 Å². The van der Waals surface area contributed by atoms with Crippen LogP contribution in [0.2, 0.25) is 0 Å². The van der Waals surface area contributed by atoms with E-state index in [1.807, 2.05) is 24.4 Å². The van der Waals surface area contributed by atoms with Gasteiger partial charge in [-0.1, -0.05) is 35.5 Å². The van der Waals surface area contributed by atoms with Crippen LogP contribution in [0.1, 0.15) is 12.0 Å². The number of nitrogens with zero attached hydrogens (tertiary/aromatic N) is 3. The Morgan fingerprint density at radius 2 is 1.80 bits per heavy atom. The highest BCUT2D eigenvalue weighted by Crippen LogP contribution is 2.39. The number of halogens is 3. The SMILES string of the molecule is OC1(C(F)(F)F)CC(c2ccc(-c3cnn4ccccc34)cc2)=NO1. The van der Waals surface area contributed by atoms with Crippen molar-refractivity contribution >= 4 is 11.2 Å². The largest absolute Gasteiger partial charge is 0.458 e. The van der Waals surface area contributed by atoms with E-state index in [2.05, 4.69) is 15.1 Å². The predicted octanol–water partition coefficient (Wildman–Crippen LogP) is 3.38. The molecular weight excluding hydrogens is 335 g/mol. The molecule has 0 radical (unpaired) electrons. The molecule has 2 aromatic heterocycles. The van der Waals surface area contributed by atoms with E-state index in [0.29, 0.717) is 5.56 Å². The van der Waals surface area contributed by atoms with E-state index in [1.54, 1.807) is 35.0 Å². The van der Waals surface area contributed by atoms with Crippen molar-refractivity contribution in [1.82, 2.24) is 9.61 Å². The van der Waals surface area contributed by atoms with Crippen molar-refractivity contribution in [3.05, 3.63) is 60.4 Å². The number of hydrogen-bond acceptors (Lipinski definition) is 4. The maximum atomic E-state index is 12.8. The first kappa shape index (κ1) is 15.6. The summed E-state index contributed by atoms with van der Waals surface area (Å²) in [5.74, 6) is -3.26. The van der Waals surface area contributed by atoms with Crippen molar-refractivity contribution in [3.8, 4) is 11.1 Å². The van der Waals surface area contributed by atoms with Crippen LogP contribution in [0.3, 0.4) is 0 Å². The molecule has 1 aromatic carbocycles. The van der Waals surface area contributed by atoms with Crippen molar-refractivity contribution in [1.29, 1.82) is 0 Å². The van der Waals surface area contributed by atoms with E-state index in [1.165, 1.54) is 0 Å². The average Bonchev–Trinajstić information content (AvgIpc) is 3.19. The zero-order chi connectivity index (χ0) is 17.7. The molecule has 5 nitrogen and oxygen atoms in total. The molecule has 128 valence electrons. The van der Waals surface area contributed by atoms with E-state index in [0.717, 1.165) is 16.6 Å². The Kier molecular flexibility index (Phi) is 3.33. The van der Waals surface area contributed by atoms with Gasteiger partial charge in [0, 0.05) is 11.8 Å². The summed E-state index contributed by atoms with van der Waals surface area (Å²) in [6, 6.07) is 12.5. The monoisotopic (exact) mass is 347 g/mol. The van der Waals surface area contributed by atoms with Gasteiger partial charge in [0.2, 0.25) is 0 Å². The zero-order valence-corrected chi connectivity index (χ0v) is 12.7. The summed E-state index contributed by atoms with van der Waals surface area (Å²) in [7, 11) is 0. The van der Waals surface area contributed by atoms with E-state index >= 15 is 0 Å². The lowest BCUT2D eigenvalue weighted by molar-refractivity contribution is -0.355. The Balaban J connectivity index is 1.61. The van der Waals surface area contributed by atoms with Crippen LogP contribution in [-0.2, 0) is 4.84 Å². The van der Waals surface area contributed by atoms with Crippen molar-refractivity contribution in [2.24, 2.45) is 5.16 Å². The summed E-state index contributed by atoms with van der Waals surface area (Å²) in [6.07, 6.45) is -2.10. The van der Waals surface area contributed by atoms with Gasteiger partial charge < -0.3 is 9.94 Å². The third-order valence-electron chi connectivity index (χ3n) is 4.11. The van der Waals surface area contributed by atoms with Gasteiger partial charge in [0.15, 0.2) is 0 Å². The lowest BCUT2D eigenvalue weighted by Gasteiger charge is -2.22. The molecule has 1 aliphatic rings. The van der Waals surface area contributed by atoms with Crippen LogP contribution in [0.4, 0.5) is 13.2 Å². The summed E-state index contributed by atoms with van der Waals surface area (Å²) in [5.41, 5.74) is 3.20. The number of benzene rings is 1. The number of rotatable bonds is 2. The Morgan fingerprint density at radius 1 is 1.08 bits per heavy atom. The minimum absolute atomic E-state index is 0.0474. The van der Waals surface area contributed by atoms with Gasteiger partial charge in [-0.2, -0.15) is 18.3 Å². The number of aromatic nitrogens is 2. The van der Waals surface area contributed by atoms with Crippen LogP contribution >= 0.6 is 0 Å². The molecule has 3 aromatic rings. The lowest BCUT2D eigenvalue weighted by Crippen LogP contribution is -2.45. The molecule has 0 aliphatic carbocycles. The molecule has 1 unspecified atom stereocenters. The van der Waals surface area contributed by atoms with E-state index in [-0.39, 0.29) is 5.71 Å². The fraction of sp³-hybridized carbons (Fsp3) is 0.176. The number of oxime groups is 1. The van der Waals surface area contributed by atoms with Gasteiger partial charge in [-0.3, -0.25) is 0 Å². The summed E-state index contributed by atoms with van der Waals surface area (Å²) < 4.78 is 40.1. The molecule has 0 spiro atoms. The Morgan fingerprint density at radius 3 is 2.48 bits per heavy atom. The Labute approximate surface area is 140 Å². The van der Waals surface area contributed by atoms with Gasteiger partial charge >= 0.3 is 12.0 Å². The maximum Gasteiger partial charge on any atom is 0.458 e. The summed E-state index contributed by atoms with van der Waals surface area (Å²) in [6.45, 7) is 0. The second kappa shape index (κ2) is 5.32. The highest BCUT2D eigenvalue weighted by molar-refractivity contribution is 6.02. The Hall–Kier alpha value is -2.87. The zero-order valence-electron chi connectivity index (χ0n) is 12.7. The average molecular weight is 347 g/mol. The number of pyridine rings is 1. The molecule has 0 saturated carbocycles. The number of aliphatic hydroxyl groups is 1. The number of fused-ring (bicyclic) bond motifs is 1. The highest BCUT2D eigenvalue weighted by atomic mass is 19.4. The summed E-state index contributed by atoms with van der Waals surface area (Å²) in [5, 5.41) is 17.2. The van der Waals surface area contributed by atoms with Gasteiger partial charge in [0.1, 0.15) is 0 Å². The van der Waals surface area contributed by atoms with Gasteiger partial charge in [0.05, 0.1) is 23.8 Å². The molecule has 1 N–H and O–H groups in total. The highest BCUT2D eigenvalue weighted by Gasteiger charge is 2.60. The maximum absolute atomic E-state index is 12.8. The molecule has 3 heterocycles. The van der Waals surface area contributed by atoms with Crippen molar-refractivity contribution in [3.63, 3.8) is 0 Å². The van der Waals surface area contributed by atoms with Gasteiger partial charge in [-0.05, 0) is 23.3 Å². The van der Waals surface area contributed by atoms with E-state index in [9.17, 15) is 18.3 Å². The first-order valence-corrected chi connectivity index (χ1v) is 7.45. The third-order valence-corrected chi connectivity index (χ3v) is 4.11. The predicted molar refractivity (Wildman–Crippen MR) is 83.9 cm³/mol. The molecule has 0 bridgehead atoms. The standard InChI is InChI=1S/C17H12F3N3O2/c18-17(19,20)16(24)9-14(22-25-16)12-6-4-11(5-7-12)13-10-21-23-8-2-1-3-15(13)23/h1-8,10,24H,9H2. The van der Waals surface area contributed by atoms with Crippen molar-refractivity contribution in [2.75, 3.05) is 0 Å². The van der Waals surface area contributed by atoms with Crippen LogP contribution in [0, 0.1) is 0 Å². The second-order valence-corrected chi connectivity index (χ2v) is 5.75. The second-order valence-electron chi connectivity index (χ2n) is 5.75. The normalized spacial score (nSPS) is 20.6. The van der Waals surface area contributed by atoms with Crippen LogP contribution in [0.15, 0.2) is 60.0 Å². The number of alkyl halides is 3. The fourth-order valence-corrected chi connectivity index (χ4v) is 2.73. The van der Waals surface area contributed by atoms with E-state index in [4.69, 9.17) is 0 Å². The van der Waals surface area contributed by atoms with Gasteiger partial charge in [-0.15, -0.1) is 0 Å². The van der Waals surface area contributed by atoms with Crippen LogP contribution < -0.4 is 0 Å². The number of hydrogen-bond donors (Lipinski definition) is 1. The topological polar surface area (TPSA) is 59.1 Å². The molecule has 25 heavy (non-hydrogen) atoms. The fourth-order valence-electron chi connectivity index (χ4n) is 2.73. The first-order valence-electron chi connectivity index (χ1n) is 7.45. The lowest BCUT2D eigenvalue weighted by atomic mass is 9.99. The molecule has 8 heteroatoms. The minimum atomic E-state index is -4.91. The third kappa shape index (κ3) is 2.54. The molecule has 0 amide bonds. The van der Waals surface area contributed by atoms with Crippen LogP contribution in [-0.4, -0.2) is 32.4 Å².